The van der Waals surface area contributed by atoms with Gasteiger partial charge in [0, 0.05) is 25.0 Å². The van der Waals surface area contributed by atoms with Crippen LogP contribution in [0.3, 0.4) is 0 Å². The van der Waals surface area contributed by atoms with Gasteiger partial charge in [0.25, 0.3) is 0 Å². The quantitative estimate of drug-likeness (QED) is 0.680. The van der Waals surface area contributed by atoms with Crippen LogP contribution in [-0.4, -0.2) is 22.1 Å². The predicted octanol–water partition coefficient (Wildman–Crippen LogP) is 1.34. The lowest BCUT2D eigenvalue weighted by atomic mass is 10.1. The topological polar surface area (TPSA) is 75.8 Å². The van der Waals surface area contributed by atoms with Crippen molar-refractivity contribution < 1.29 is 4.79 Å². The lowest BCUT2D eigenvalue weighted by Crippen LogP contribution is -2.32. The number of aromatic amines is 1. The fourth-order valence-electron chi connectivity index (χ4n) is 1.41. The van der Waals surface area contributed by atoms with Crippen molar-refractivity contribution in [3.63, 3.8) is 0 Å². The van der Waals surface area contributed by atoms with E-state index in [1.54, 1.807) is 0 Å². The van der Waals surface area contributed by atoms with Crippen molar-refractivity contribution in [2.75, 3.05) is 6.54 Å². The first-order valence-corrected chi connectivity index (χ1v) is 5.24. The number of nitrogens with zero attached hydrogens (tertiary/aromatic N) is 1. The molecule has 0 unspecified atom stereocenters. The number of nitrogens with two attached hydrogens (primary N) is 1. The van der Waals surface area contributed by atoms with E-state index >= 15 is 0 Å². The van der Waals surface area contributed by atoms with Crippen molar-refractivity contribution in [1.82, 2.24) is 14.9 Å². The van der Waals surface area contributed by atoms with Crippen LogP contribution in [0.4, 0.5) is 4.79 Å². The third-order valence-corrected chi connectivity index (χ3v) is 2.46. The summed E-state index contributed by atoms with van der Waals surface area (Å²) in [6, 6.07) is -0.511. The molecule has 0 aliphatic carbocycles. The summed E-state index contributed by atoms with van der Waals surface area (Å²) in [5, 5.41) is 2.53. The molecule has 0 aliphatic heterocycles. The van der Waals surface area contributed by atoms with E-state index in [0.29, 0.717) is 23.8 Å². The number of nitrogens with one attached hydrogen (secondary N) is 2. The molecule has 0 radical (unpaired) electrons. The molecular weight excluding hydrogens is 212 g/mol. The molecule has 0 aliphatic rings. The molecule has 0 aromatic carbocycles. The molecule has 0 atom stereocenters. The van der Waals surface area contributed by atoms with Gasteiger partial charge in [0.05, 0.1) is 0 Å². The van der Waals surface area contributed by atoms with Gasteiger partial charge in [0.1, 0.15) is 0 Å². The number of carbonyl (C=O) groups is 1. The highest BCUT2D eigenvalue weighted by Gasteiger charge is 2.07. The SMILES string of the molecule is CC(C)c1c[nH]c(=S)n1CCNC(N)=O. The Bertz CT molecular complexity index is 393. The van der Waals surface area contributed by atoms with Gasteiger partial charge in [-0.2, -0.15) is 0 Å². The van der Waals surface area contributed by atoms with Crippen LogP contribution in [0, 0.1) is 4.77 Å². The molecule has 1 aromatic heterocycles. The molecule has 6 heteroatoms. The van der Waals surface area contributed by atoms with Crippen LogP contribution >= 0.6 is 12.2 Å². The average Bonchev–Trinajstić information content (AvgIpc) is 2.47. The minimum absolute atomic E-state index is 0.395. The Hall–Kier alpha value is -1.30. The third-order valence-electron chi connectivity index (χ3n) is 2.13. The highest BCUT2D eigenvalue weighted by Crippen LogP contribution is 2.13. The van der Waals surface area contributed by atoms with Crippen LogP contribution in [-0.2, 0) is 6.54 Å². The zero-order chi connectivity index (χ0) is 11.4. The minimum atomic E-state index is -0.511. The number of imidazole rings is 1. The van der Waals surface area contributed by atoms with Crippen LogP contribution in [0.5, 0.6) is 0 Å². The van der Waals surface area contributed by atoms with E-state index in [1.807, 2.05) is 10.8 Å². The monoisotopic (exact) mass is 228 g/mol. The van der Waals surface area contributed by atoms with Gasteiger partial charge in [0.2, 0.25) is 0 Å². The maximum Gasteiger partial charge on any atom is 0.312 e. The molecule has 1 aromatic rings. The van der Waals surface area contributed by atoms with Crippen molar-refractivity contribution in [1.29, 1.82) is 0 Å². The fraction of sp³-hybridized carbons (Fsp3) is 0.556. The van der Waals surface area contributed by atoms with Crippen molar-refractivity contribution in [2.45, 2.75) is 26.3 Å². The summed E-state index contributed by atoms with van der Waals surface area (Å²) < 4.78 is 2.64. The summed E-state index contributed by atoms with van der Waals surface area (Å²) in [4.78, 5) is 13.5. The van der Waals surface area contributed by atoms with Gasteiger partial charge in [-0.3, -0.25) is 0 Å². The van der Waals surface area contributed by atoms with E-state index in [0.717, 1.165) is 5.69 Å². The molecule has 84 valence electrons. The molecule has 0 bridgehead atoms. The van der Waals surface area contributed by atoms with E-state index < -0.39 is 6.03 Å². The largest absolute Gasteiger partial charge is 0.352 e. The first-order chi connectivity index (χ1) is 7.02. The summed E-state index contributed by atoms with van der Waals surface area (Å²) in [5.74, 6) is 0.395. The van der Waals surface area contributed by atoms with Gasteiger partial charge in [-0.25, -0.2) is 4.79 Å². The Kier molecular flexibility index (Phi) is 3.90. The molecule has 0 saturated heterocycles. The number of hydrogen-bond acceptors (Lipinski definition) is 2. The fourth-order valence-corrected chi connectivity index (χ4v) is 1.66. The second-order valence-electron chi connectivity index (χ2n) is 3.62. The molecule has 1 rings (SSSR count). The van der Waals surface area contributed by atoms with Crippen molar-refractivity contribution in [3.8, 4) is 0 Å². The standard InChI is InChI=1S/C9H16N4OS/c1-6(2)7-5-12-9(15)13(7)4-3-11-8(10)14/h5-6H,3-4H2,1-2H3,(H,12,15)(H3,10,11,14). The number of amides is 2. The van der Waals surface area contributed by atoms with Crippen molar-refractivity contribution in [3.05, 3.63) is 16.7 Å². The van der Waals surface area contributed by atoms with E-state index in [1.165, 1.54) is 0 Å². The molecule has 15 heavy (non-hydrogen) atoms. The first-order valence-electron chi connectivity index (χ1n) is 4.83. The predicted molar refractivity (Wildman–Crippen MR) is 61.3 cm³/mol. The minimum Gasteiger partial charge on any atom is -0.352 e. The summed E-state index contributed by atoms with van der Waals surface area (Å²) in [5.41, 5.74) is 6.11. The summed E-state index contributed by atoms with van der Waals surface area (Å²) in [6.07, 6.45) is 1.90. The Labute approximate surface area is 93.7 Å². The molecule has 0 fully saturated rings. The van der Waals surface area contributed by atoms with Crippen LogP contribution in [0.1, 0.15) is 25.5 Å². The Morgan fingerprint density at radius 3 is 2.93 bits per heavy atom. The maximum atomic E-state index is 10.5. The van der Waals surface area contributed by atoms with E-state index in [4.69, 9.17) is 18.0 Å². The number of carbonyl (C=O) groups excluding carboxylic acids is 1. The van der Waals surface area contributed by atoms with E-state index in [-0.39, 0.29) is 0 Å². The zero-order valence-electron chi connectivity index (χ0n) is 8.91. The van der Waals surface area contributed by atoms with Crippen molar-refractivity contribution in [2.24, 2.45) is 5.73 Å². The zero-order valence-corrected chi connectivity index (χ0v) is 9.73. The Balaban J connectivity index is 2.71. The van der Waals surface area contributed by atoms with Gasteiger partial charge in [0.15, 0.2) is 4.77 Å². The second kappa shape index (κ2) is 4.97. The van der Waals surface area contributed by atoms with Crippen LogP contribution in [0.15, 0.2) is 6.20 Å². The van der Waals surface area contributed by atoms with Crippen LogP contribution in [0.2, 0.25) is 0 Å². The molecule has 5 nitrogen and oxygen atoms in total. The third kappa shape index (κ3) is 3.09. The van der Waals surface area contributed by atoms with Gasteiger partial charge in [-0.1, -0.05) is 13.8 Å². The van der Waals surface area contributed by atoms with Crippen LogP contribution in [0.25, 0.3) is 0 Å². The normalized spacial score (nSPS) is 10.6. The number of urea groups is 1. The number of aromatic nitrogens is 2. The number of rotatable bonds is 4. The summed E-state index contributed by atoms with van der Waals surface area (Å²) in [7, 11) is 0. The summed E-state index contributed by atoms with van der Waals surface area (Å²) in [6.45, 7) is 5.31. The number of H-pyrrole nitrogens is 1. The molecule has 2 amide bonds. The van der Waals surface area contributed by atoms with Gasteiger partial charge in [-0.15, -0.1) is 0 Å². The molecule has 4 N–H and O–H groups in total. The van der Waals surface area contributed by atoms with Gasteiger partial charge >= 0.3 is 6.03 Å². The molecule has 0 saturated carbocycles. The van der Waals surface area contributed by atoms with Crippen molar-refractivity contribution >= 4 is 18.2 Å². The lowest BCUT2D eigenvalue weighted by molar-refractivity contribution is 0.248. The van der Waals surface area contributed by atoms with Gasteiger partial charge in [-0.05, 0) is 18.1 Å². The molecule has 0 spiro atoms. The molecular formula is C9H16N4OS. The number of hydrogen-bond donors (Lipinski definition) is 3. The van der Waals surface area contributed by atoms with Gasteiger partial charge < -0.3 is 20.6 Å². The van der Waals surface area contributed by atoms with E-state index in [9.17, 15) is 4.79 Å². The Morgan fingerprint density at radius 1 is 1.73 bits per heavy atom. The highest BCUT2D eigenvalue weighted by atomic mass is 32.1. The molecule has 1 heterocycles. The highest BCUT2D eigenvalue weighted by molar-refractivity contribution is 7.71. The Morgan fingerprint density at radius 2 is 2.40 bits per heavy atom. The van der Waals surface area contributed by atoms with E-state index in [2.05, 4.69) is 24.1 Å². The lowest BCUT2D eigenvalue weighted by Gasteiger charge is -2.10. The van der Waals surface area contributed by atoms with Crippen LogP contribution < -0.4 is 11.1 Å². The second-order valence-corrected chi connectivity index (χ2v) is 4.00. The summed E-state index contributed by atoms with van der Waals surface area (Å²) >= 11 is 5.13. The maximum absolute atomic E-state index is 10.5. The smallest absolute Gasteiger partial charge is 0.312 e. The average molecular weight is 228 g/mol. The first kappa shape index (κ1) is 11.8. The number of primary amides is 1.